The minimum absolute atomic E-state index is 0.369. The molecule has 106 valence electrons. The zero-order valence-electron chi connectivity index (χ0n) is 11.2. The van der Waals surface area contributed by atoms with Crippen LogP contribution in [-0.2, 0) is 11.3 Å². The molecule has 1 aromatic heterocycles. The van der Waals surface area contributed by atoms with Crippen LogP contribution in [-0.4, -0.2) is 34.6 Å². The Labute approximate surface area is 116 Å². The van der Waals surface area contributed by atoms with Gasteiger partial charge < -0.3 is 15.8 Å². The molecule has 0 radical (unpaired) electrons. The van der Waals surface area contributed by atoms with Crippen molar-refractivity contribution < 1.29 is 9.53 Å². The molecule has 2 aromatic rings. The van der Waals surface area contributed by atoms with Gasteiger partial charge in [-0.15, -0.1) is 5.10 Å². The first-order chi connectivity index (χ1) is 9.70. The quantitative estimate of drug-likeness (QED) is 0.466. The number of carbonyl (C=O) groups excluding carboxylic acids is 1. The summed E-state index contributed by atoms with van der Waals surface area (Å²) in [6.07, 6.45) is 4.36. The molecule has 0 aliphatic carbocycles. The summed E-state index contributed by atoms with van der Waals surface area (Å²) < 4.78 is 6.45. The van der Waals surface area contributed by atoms with E-state index < -0.39 is 5.97 Å². The minimum atomic E-state index is -0.436. The third-order valence-corrected chi connectivity index (χ3v) is 2.82. The molecule has 0 bridgehead atoms. The Balaban J connectivity index is 1.88. The van der Waals surface area contributed by atoms with Gasteiger partial charge in [0.15, 0.2) is 0 Å². The van der Waals surface area contributed by atoms with Crippen LogP contribution in [0.4, 0.5) is 11.4 Å². The molecule has 0 aliphatic rings. The fourth-order valence-electron chi connectivity index (χ4n) is 1.78. The van der Waals surface area contributed by atoms with Crippen molar-refractivity contribution in [3.8, 4) is 0 Å². The number of ether oxygens (including phenoxy) is 1. The third kappa shape index (κ3) is 3.47. The van der Waals surface area contributed by atoms with E-state index in [0.717, 1.165) is 25.2 Å². The Hall–Kier alpha value is -2.57. The van der Waals surface area contributed by atoms with Crippen LogP contribution in [0.3, 0.4) is 0 Å². The summed E-state index contributed by atoms with van der Waals surface area (Å²) in [6, 6.07) is 5.21. The van der Waals surface area contributed by atoms with Crippen molar-refractivity contribution in [3.05, 3.63) is 36.2 Å². The molecule has 0 saturated heterocycles. The Bertz CT molecular complexity index is 568. The number of aromatic nitrogens is 3. The molecule has 1 heterocycles. The molecule has 0 spiro atoms. The summed E-state index contributed by atoms with van der Waals surface area (Å²) in [6.45, 7) is 1.54. The van der Waals surface area contributed by atoms with E-state index >= 15 is 0 Å². The lowest BCUT2D eigenvalue weighted by atomic mass is 10.1. The zero-order chi connectivity index (χ0) is 14.4. The number of esters is 1. The molecule has 2 rings (SSSR count). The van der Waals surface area contributed by atoms with Crippen molar-refractivity contribution in [1.82, 2.24) is 15.0 Å². The fraction of sp³-hybridized carbons (Fsp3) is 0.308. The molecule has 20 heavy (non-hydrogen) atoms. The van der Waals surface area contributed by atoms with Crippen molar-refractivity contribution in [2.24, 2.45) is 0 Å². The number of rotatable bonds is 6. The molecule has 0 fully saturated rings. The van der Waals surface area contributed by atoms with Gasteiger partial charge in [-0.2, -0.15) is 0 Å². The molecule has 0 atom stereocenters. The third-order valence-electron chi connectivity index (χ3n) is 2.82. The molecule has 0 saturated carbocycles. The highest BCUT2D eigenvalue weighted by atomic mass is 16.5. The van der Waals surface area contributed by atoms with E-state index in [9.17, 15) is 4.79 Å². The summed E-state index contributed by atoms with van der Waals surface area (Å²) in [4.78, 5) is 11.5. The van der Waals surface area contributed by atoms with Crippen LogP contribution < -0.4 is 11.1 Å². The van der Waals surface area contributed by atoms with Crippen LogP contribution in [0, 0.1) is 0 Å². The number of anilines is 2. The maximum absolute atomic E-state index is 11.5. The number of hydrogen-bond donors (Lipinski definition) is 2. The predicted octanol–water partition coefficient (Wildman–Crippen LogP) is 1.15. The van der Waals surface area contributed by atoms with E-state index in [1.165, 1.54) is 7.11 Å². The van der Waals surface area contributed by atoms with Crippen molar-refractivity contribution in [2.45, 2.75) is 13.0 Å². The lowest BCUT2D eigenvalue weighted by Crippen LogP contribution is -2.09. The second kappa shape index (κ2) is 6.55. The molecule has 1 aromatic carbocycles. The van der Waals surface area contributed by atoms with E-state index in [-0.39, 0.29) is 0 Å². The maximum atomic E-state index is 11.5. The Morgan fingerprint density at radius 3 is 3.05 bits per heavy atom. The van der Waals surface area contributed by atoms with Gasteiger partial charge in [-0.25, -0.2) is 4.79 Å². The molecule has 7 nitrogen and oxygen atoms in total. The zero-order valence-corrected chi connectivity index (χ0v) is 11.2. The fourth-order valence-corrected chi connectivity index (χ4v) is 1.78. The smallest absolute Gasteiger partial charge is 0.340 e. The van der Waals surface area contributed by atoms with Gasteiger partial charge in [-0.3, -0.25) is 4.68 Å². The second-order valence-electron chi connectivity index (χ2n) is 4.24. The van der Waals surface area contributed by atoms with Gasteiger partial charge in [0.2, 0.25) is 0 Å². The largest absolute Gasteiger partial charge is 0.465 e. The number of methoxy groups -OCH3 is 1. The number of hydrogen-bond acceptors (Lipinski definition) is 6. The maximum Gasteiger partial charge on any atom is 0.340 e. The van der Waals surface area contributed by atoms with Crippen LogP contribution in [0.2, 0.25) is 0 Å². The van der Waals surface area contributed by atoms with E-state index in [0.29, 0.717) is 11.3 Å². The number of nitrogen functional groups attached to an aromatic ring is 1. The number of benzene rings is 1. The first kappa shape index (κ1) is 13.9. The number of aryl methyl sites for hydroxylation is 1. The molecule has 0 aliphatic heterocycles. The molecule has 0 amide bonds. The summed E-state index contributed by atoms with van der Waals surface area (Å²) in [7, 11) is 1.33. The summed E-state index contributed by atoms with van der Waals surface area (Å²) in [5.74, 6) is -0.436. The standard InChI is InChI=1S/C13H17N5O2/c1-20-13(19)11-9-10(3-4-12(11)14)15-5-2-7-18-8-6-16-17-18/h3-4,6,8-9,15H,2,5,7,14H2,1H3. The Morgan fingerprint density at radius 2 is 2.35 bits per heavy atom. The monoisotopic (exact) mass is 275 g/mol. The van der Waals surface area contributed by atoms with E-state index in [1.807, 2.05) is 12.3 Å². The first-order valence-electron chi connectivity index (χ1n) is 6.26. The van der Waals surface area contributed by atoms with Crippen LogP contribution in [0.25, 0.3) is 0 Å². The van der Waals surface area contributed by atoms with Gasteiger partial charge in [0, 0.05) is 30.7 Å². The normalized spacial score (nSPS) is 10.2. The van der Waals surface area contributed by atoms with E-state index in [4.69, 9.17) is 5.73 Å². The average Bonchev–Trinajstić information content (AvgIpc) is 2.97. The van der Waals surface area contributed by atoms with Crippen molar-refractivity contribution in [1.29, 1.82) is 0 Å². The van der Waals surface area contributed by atoms with Crippen LogP contribution in [0.5, 0.6) is 0 Å². The van der Waals surface area contributed by atoms with E-state index in [1.54, 1.807) is 23.0 Å². The second-order valence-corrected chi connectivity index (χ2v) is 4.24. The summed E-state index contributed by atoms with van der Waals surface area (Å²) >= 11 is 0. The molecule has 0 unspecified atom stereocenters. The van der Waals surface area contributed by atoms with Crippen molar-refractivity contribution >= 4 is 17.3 Å². The van der Waals surface area contributed by atoms with Crippen LogP contribution in [0.15, 0.2) is 30.6 Å². The highest BCUT2D eigenvalue weighted by Gasteiger charge is 2.10. The average molecular weight is 275 g/mol. The lowest BCUT2D eigenvalue weighted by molar-refractivity contribution is 0.0602. The number of carbonyl (C=O) groups is 1. The Morgan fingerprint density at radius 1 is 1.50 bits per heavy atom. The Kier molecular flexibility index (Phi) is 4.54. The topological polar surface area (TPSA) is 95.1 Å². The molecular weight excluding hydrogens is 258 g/mol. The van der Waals surface area contributed by atoms with Gasteiger partial charge in [0.1, 0.15) is 0 Å². The minimum Gasteiger partial charge on any atom is -0.465 e. The predicted molar refractivity (Wildman–Crippen MR) is 75.3 cm³/mol. The van der Waals surface area contributed by atoms with Gasteiger partial charge in [0.05, 0.1) is 18.9 Å². The van der Waals surface area contributed by atoms with Gasteiger partial charge in [0.25, 0.3) is 0 Å². The van der Waals surface area contributed by atoms with Crippen molar-refractivity contribution in [2.75, 3.05) is 24.7 Å². The van der Waals surface area contributed by atoms with Crippen LogP contribution in [0.1, 0.15) is 16.8 Å². The van der Waals surface area contributed by atoms with Gasteiger partial charge >= 0.3 is 5.97 Å². The van der Waals surface area contributed by atoms with Gasteiger partial charge in [-0.1, -0.05) is 5.21 Å². The number of nitrogens with two attached hydrogens (primary N) is 1. The number of nitrogens with zero attached hydrogens (tertiary/aromatic N) is 3. The summed E-state index contributed by atoms with van der Waals surface area (Å²) in [5, 5.41) is 10.8. The number of nitrogens with one attached hydrogen (secondary N) is 1. The lowest BCUT2D eigenvalue weighted by Gasteiger charge is -2.09. The summed E-state index contributed by atoms with van der Waals surface area (Å²) in [5.41, 5.74) is 7.35. The highest BCUT2D eigenvalue weighted by molar-refractivity contribution is 5.96. The first-order valence-corrected chi connectivity index (χ1v) is 6.26. The van der Waals surface area contributed by atoms with E-state index in [2.05, 4.69) is 20.4 Å². The van der Waals surface area contributed by atoms with Crippen molar-refractivity contribution in [3.63, 3.8) is 0 Å². The molecule has 3 N–H and O–H groups in total. The molecule has 7 heteroatoms. The highest BCUT2D eigenvalue weighted by Crippen LogP contribution is 2.18. The van der Waals surface area contributed by atoms with Gasteiger partial charge in [-0.05, 0) is 24.6 Å². The molecular formula is C13H17N5O2. The van der Waals surface area contributed by atoms with Crippen LogP contribution >= 0.6 is 0 Å². The SMILES string of the molecule is COC(=O)c1cc(NCCCn2ccnn2)ccc1N.